The van der Waals surface area contributed by atoms with Gasteiger partial charge in [0.25, 0.3) is 0 Å². The maximum atomic E-state index is 13.9. The van der Waals surface area contributed by atoms with Gasteiger partial charge in [0.15, 0.2) is 46.0 Å². The van der Waals surface area contributed by atoms with Gasteiger partial charge in [0.2, 0.25) is 0 Å². The molecule has 18 heteroatoms. The highest BCUT2D eigenvalue weighted by Gasteiger charge is 2.26. The second-order valence-electron chi connectivity index (χ2n) is 13.7. The van der Waals surface area contributed by atoms with Gasteiger partial charge in [0, 0.05) is 46.5 Å². The topological polar surface area (TPSA) is 185 Å². The number of fused-ring (bicyclic) bond motifs is 2. The second kappa shape index (κ2) is 18.2. The molecule has 60 heavy (non-hydrogen) atoms. The van der Waals surface area contributed by atoms with Crippen LogP contribution in [-0.4, -0.2) is 52.0 Å². The summed E-state index contributed by atoms with van der Waals surface area (Å²) in [6.07, 6.45) is 4.29. The number of hydrogen-bond donors (Lipinski definition) is 6. The van der Waals surface area contributed by atoms with Crippen LogP contribution in [0.2, 0.25) is 0 Å². The molecule has 0 spiro atoms. The Hall–Kier alpha value is -6.53. The quantitative estimate of drug-likeness (QED) is 0.0504. The predicted molar refractivity (Wildman–Crippen MR) is 234 cm³/mol. The van der Waals surface area contributed by atoms with Crippen molar-refractivity contribution in [2.75, 3.05) is 41.4 Å². The number of hydrogen-bond acceptors (Lipinski definition) is 15. The van der Waals surface area contributed by atoms with Gasteiger partial charge >= 0.3 is 0 Å². The molecule has 6 N–H and O–H groups in total. The van der Waals surface area contributed by atoms with Gasteiger partial charge in [-0.3, -0.25) is 10.2 Å². The fourth-order valence-electron chi connectivity index (χ4n) is 6.37. The number of nitrogens with zero attached hydrogens (tertiary/aromatic N) is 4. The van der Waals surface area contributed by atoms with E-state index >= 15 is 0 Å². The Kier molecular flexibility index (Phi) is 12.2. The predicted octanol–water partition coefficient (Wildman–Crippen LogP) is 11.0. The Morgan fingerprint density at radius 1 is 0.700 bits per heavy atom. The summed E-state index contributed by atoms with van der Waals surface area (Å²) < 4.78 is 47.6. The summed E-state index contributed by atoms with van der Waals surface area (Å²) in [5.41, 5.74) is 6.19. The van der Waals surface area contributed by atoms with Gasteiger partial charge in [0.05, 0.1) is 48.4 Å². The molecule has 15 nitrogen and oxygen atoms in total. The highest BCUT2D eigenvalue weighted by Crippen LogP contribution is 2.42. The van der Waals surface area contributed by atoms with E-state index in [4.69, 9.17) is 23.3 Å². The standard InChI is InChI=1S/C22H23N5O2S.C20H20FN5O3S/c1-3-13-6-4-5-7-20(13)30-27-22-15-10-19(28-2)17(11-18(15)29-26-22)23-21-12-16(24-25-21)14-8-9-14;1-4-11-8-18(24-23-11)22-14-10-15-12(9-16(14)27-2)20(25-29-15)26-30-17-7-5-6-13(21)19(17)28-3/h4-7,10-12,14H,3,8-9H2,1-2H3,(H,26,27)(H2,23,24,25);5-10H,4H2,1-3H3,(H,25,26)(H2,22,23,24). The molecule has 0 saturated heterocycles. The molecule has 4 aromatic heterocycles. The van der Waals surface area contributed by atoms with E-state index in [1.165, 1.54) is 66.1 Å². The molecule has 4 aromatic carbocycles. The van der Waals surface area contributed by atoms with Gasteiger partial charge in [-0.2, -0.15) is 10.2 Å². The van der Waals surface area contributed by atoms with Crippen LogP contribution in [0, 0.1) is 5.82 Å². The van der Waals surface area contributed by atoms with Crippen molar-refractivity contribution in [2.24, 2.45) is 0 Å². The molecule has 1 aliphatic carbocycles. The van der Waals surface area contributed by atoms with E-state index < -0.39 is 5.82 Å². The lowest BCUT2D eigenvalue weighted by Crippen LogP contribution is -1.96. The van der Waals surface area contributed by atoms with E-state index in [1.807, 2.05) is 37.3 Å². The molecule has 0 atom stereocenters. The first-order valence-electron chi connectivity index (χ1n) is 19.2. The van der Waals surface area contributed by atoms with E-state index in [2.05, 4.69) is 82.0 Å². The van der Waals surface area contributed by atoms with Gasteiger partial charge in [0.1, 0.15) is 11.5 Å². The third-order valence-corrected chi connectivity index (χ3v) is 11.5. The molecule has 0 bridgehead atoms. The van der Waals surface area contributed by atoms with Crippen molar-refractivity contribution in [2.45, 2.75) is 55.2 Å². The van der Waals surface area contributed by atoms with Gasteiger partial charge in [-0.15, -0.1) is 0 Å². The maximum Gasteiger partial charge on any atom is 0.187 e. The number of aromatic nitrogens is 6. The number of aromatic amines is 2. The molecule has 1 fully saturated rings. The summed E-state index contributed by atoms with van der Waals surface area (Å²) in [5, 5.41) is 31.1. The summed E-state index contributed by atoms with van der Waals surface area (Å²) in [6.45, 7) is 4.20. The third-order valence-electron chi connectivity index (χ3n) is 9.74. The first-order valence-corrected chi connectivity index (χ1v) is 20.9. The van der Waals surface area contributed by atoms with Crippen LogP contribution in [0.5, 0.6) is 17.2 Å². The van der Waals surface area contributed by atoms with Crippen molar-refractivity contribution in [3.63, 3.8) is 0 Å². The number of halogens is 1. The maximum absolute atomic E-state index is 13.9. The largest absolute Gasteiger partial charge is 0.495 e. The summed E-state index contributed by atoms with van der Waals surface area (Å²) >= 11 is 2.71. The van der Waals surface area contributed by atoms with Gasteiger partial charge in [-0.05, 0) is 85.5 Å². The molecule has 1 saturated carbocycles. The number of benzene rings is 4. The van der Waals surface area contributed by atoms with Crippen LogP contribution in [0.3, 0.4) is 0 Å². The summed E-state index contributed by atoms with van der Waals surface area (Å²) in [5.74, 6) is 4.24. The lowest BCUT2D eigenvalue weighted by Gasteiger charge is -2.10. The molecular weight excluding hydrogens is 808 g/mol. The smallest absolute Gasteiger partial charge is 0.187 e. The molecule has 8 aromatic rings. The van der Waals surface area contributed by atoms with Crippen LogP contribution in [0.1, 0.15) is 49.6 Å². The van der Waals surface area contributed by atoms with E-state index in [-0.39, 0.29) is 5.75 Å². The minimum absolute atomic E-state index is 0.164. The van der Waals surface area contributed by atoms with Crippen molar-refractivity contribution < 1.29 is 27.6 Å². The minimum atomic E-state index is -0.434. The van der Waals surface area contributed by atoms with Crippen LogP contribution in [0.15, 0.2) is 97.7 Å². The molecule has 0 aliphatic heterocycles. The van der Waals surface area contributed by atoms with Crippen molar-refractivity contribution in [3.05, 3.63) is 102 Å². The van der Waals surface area contributed by atoms with Crippen molar-refractivity contribution in [3.8, 4) is 17.2 Å². The summed E-state index contributed by atoms with van der Waals surface area (Å²) in [4.78, 5) is 1.76. The first kappa shape index (κ1) is 40.3. The highest BCUT2D eigenvalue weighted by atomic mass is 32.2. The minimum Gasteiger partial charge on any atom is -0.495 e. The van der Waals surface area contributed by atoms with Gasteiger partial charge in [-0.25, -0.2) is 4.39 Å². The third kappa shape index (κ3) is 8.89. The van der Waals surface area contributed by atoms with Crippen LogP contribution >= 0.6 is 23.9 Å². The monoisotopic (exact) mass is 850 g/mol. The zero-order valence-corrected chi connectivity index (χ0v) is 35.1. The Morgan fingerprint density at radius 2 is 1.30 bits per heavy atom. The molecule has 4 heterocycles. The van der Waals surface area contributed by atoms with Crippen molar-refractivity contribution in [1.82, 2.24) is 30.7 Å². The molecule has 310 valence electrons. The van der Waals surface area contributed by atoms with Crippen LogP contribution in [0.25, 0.3) is 21.9 Å². The molecular formula is C42H43FN10O5S2. The lowest BCUT2D eigenvalue weighted by atomic mass is 10.2. The summed E-state index contributed by atoms with van der Waals surface area (Å²) in [6, 6.07) is 24.4. The average molecular weight is 851 g/mol. The number of methoxy groups -OCH3 is 3. The second-order valence-corrected chi connectivity index (χ2v) is 15.4. The molecule has 0 radical (unpaired) electrons. The van der Waals surface area contributed by atoms with Crippen molar-refractivity contribution >= 4 is 80.5 Å². The number of H-pyrrole nitrogens is 2. The number of anilines is 6. The van der Waals surface area contributed by atoms with Crippen molar-refractivity contribution in [1.29, 1.82) is 0 Å². The fraction of sp³-hybridized carbons (Fsp3) is 0.238. The lowest BCUT2D eigenvalue weighted by molar-refractivity contribution is 0.376. The molecule has 0 amide bonds. The average Bonchev–Trinajstić information content (AvgIpc) is 3.55. The van der Waals surface area contributed by atoms with Crippen LogP contribution < -0.4 is 34.3 Å². The molecule has 1 aliphatic rings. The molecule has 0 unspecified atom stereocenters. The van der Waals surface area contributed by atoms with E-state index in [1.54, 1.807) is 32.4 Å². The highest BCUT2D eigenvalue weighted by molar-refractivity contribution is 8.01. The van der Waals surface area contributed by atoms with E-state index in [0.717, 1.165) is 40.8 Å². The van der Waals surface area contributed by atoms with Crippen LogP contribution in [-0.2, 0) is 12.8 Å². The van der Waals surface area contributed by atoms with E-state index in [9.17, 15) is 4.39 Å². The van der Waals surface area contributed by atoms with Crippen LogP contribution in [0.4, 0.5) is 39.0 Å². The number of para-hydroxylation sites is 1. The number of ether oxygens (including phenoxy) is 3. The normalized spacial score (nSPS) is 12.2. The fourth-order valence-corrected chi connectivity index (χ4v) is 7.98. The molecule has 9 rings (SSSR count). The van der Waals surface area contributed by atoms with E-state index in [0.29, 0.717) is 56.6 Å². The number of aryl methyl sites for hydroxylation is 2. The Labute approximate surface area is 353 Å². The zero-order valence-electron chi connectivity index (χ0n) is 33.4. The Balaban J connectivity index is 0.000000166. The Bertz CT molecular complexity index is 2730. The number of nitrogens with one attached hydrogen (secondary N) is 6. The van der Waals surface area contributed by atoms with Gasteiger partial charge in [-0.1, -0.05) is 48.4 Å². The summed E-state index contributed by atoms with van der Waals surface area (Å²) in [7, 11) is 4.66. The number of rotatable bonds is 16. The first-order chi connectivity index (χ1) is 29.4. The van der Waals surface area contributed by atoms with Gasteiger partial charge < -0.3 is 43.3 Å². The Morgan fingerprint density at radius 3 is 1.88 bits per heavy atom. The SMILES string of the molecule is CCc1cc(Nc2cc3onc(NSc4cccc(F)c4OC)c3cc2OC)n[nH]1.CCc1ccccc1SNc1noc2cc(Nc3cc(C4CC4)[nH]n3)c(OC)cc12. The zero-order chi connectivity index (χ0) is 41.6.